The fraction of sp³-hybridized carbons (Fsp3) is 0.350. The Morgan fingerprint density at radius 1 is 0.960 bits per heavy atom. The SMILES string of the molecule is CCC(=NC(CC)c1ccc(OC)c(Cl)c1)c1ccc(OC)c(Cl)c1. The minimum absolute atomic E-state index is 0.0271. The molecule has 0 aliphatic rings. The van der Waals surface area contributed by atoms with Crippen molar-refractivity contribution in [1.29, 1.82) is 0 Å². The molecule has 0 heterocycles. The van der Waals surface area contributed by atoms with Gasteiger partial charge < -0.3 is 9.47 Å². The zero-order valence-corrected chi connectivity index (χ0v) is 16.5. The van der Waals surface area contributed by atoms with Crippen molar-refractivity contribution in [2.24, 2.45) is 4.99 Å². The van der Waals surface area contributed by atoms with E-state index in [2.05, 4.69) is 13.8 Å². The van der Waals surface area contributed by atoms with E-state index in [4.69, 9.17) is 37.7 Å². The quantitative estimate of drug-likeness (QED) is 0.523. The molecule has 2 aromatic rings. The summed E-state index contributed by atoms with van der Waals surface area (Å²) in [5, 5.41) is 1.18. The molecule has 0 aromatic heterocycles. The van der Waals surface area contributed by atoms with Crippen LogP contribution < -0.4 is 9.47 Å². The lowest BCUT2D eigenvalue weighted by Gasteiger charge is -2.15. The third-order valence-electron chi connectivity index (χ3n) is 4.08. The predicted molar refractivity (Wildman–Crippen MR) is 106 cm³/mol. The van der Waals surface area contributed by atoms with Crippen LogP contribution in [-0.2, 0) is 0 Å². The third kappa shape index (κ3) is 4.68. The van der Waals surface area contributed by atoms with Crippen LogP contribution in [0.3, 0.4) is 0 Å². The molecule has 134 valence electrons. The van der Waals surface area contributed by atoms with Crippen molar-refractivity contribution < 1.29 is 9.47 Å². The molecule has 0 bridgehead atoms. The fourth-order valence-corrected chi connectivity index (χ4v) is 3.22. The van der Waals surface area contributed by atoms with Gasteiger partial charge in [0.1, 0.15) is 11.5 Å². The molecule has 0 fully saturated rings. The van der Waals surface area contributed by atoms with Crippen LogP contribution in [0.4, 0.5) is 0 Å². The number of ether oxygens (including phenoxy) is 2. The first-order valence-corrected chi connectivity index (χ1v) is 9.03. The summed E-state index contributed by atoms with van der Waals surface area (Å²) in [5.74, 6) is 1.33. The molecule has 0 aliphatic heterocycles. The van der Waals surface area contributed by atoms with Crippen LogP contribution in [-0.4, -0.2) is 19.9 Å². The van der Waals surface area contributed by atoms with E-state index >= 15 is 0 Å². The molecule has 0 spiro atoms. The molecule has 25 heavy (non-hydrogen) atoms. The van der Waals surface area contributed by atoms with Crippen LogP contribution in [0.2, 0.25) is 10.0 Å². The average Bonchev–Trinajstić information content (AvgIpc) is 2.62. The summed E-state index contributed by atoms with van der Waals surface area (Å²) >= 11 is 12.5. The van der Waals surface area contributed by atoms with Gasteiger partial charge in [-0.1, -0.05) is 43.1 Å². The average molecular weight is 380 g/mol. The number of methoxy groups -OCH3 is 2. The summed E-state index contributed by atoms with van der Waals surface area (Å²) in [6.07, 6.45) is 1.68. The molecule has 2 rings (SSSR count). The highest BCUT2D eigenvalue weighted by Gasteiger charge is 2.13. The Morgan fingerprint density at radius 2 is 1.56 bits per heavy atom. The Balaban J connectivity index is 2.38. The molecular formula is C20H23Cl2NO2. The van der Waals surface area contributed by atoms with Gasteiger partial charge in [-0.05, 0) is 54.3 Å². The summed E-state index contributed by atoms with van der Waals surface area (Å²) in [4.78, 5) is 4.96. The van der Waals surface area contributed by atoms with E-state index in [0.717, 1.165) is 29.7 Å². The molecule has 0 saturated carbocycles. The molecule has 0 radical (unpaired) electrons. The maximum Gasteiger partial charge on any atom is 0.137 e. The first kappa shape index (κ1) is 19.6. The summed E-state index contributed by atoms with van der Waals surface area (Å²) in [6, 6.07) is 11.6. The predicted octanol–water partition coefficient (Wildman–Crippen LogP) is 6.36. The van der Waals surface area contributed by atoms with Gasteiger partial charge in [0.05, 0.1) is 30.3 Å². The number of halogens is 2. The highest BCUT2D eigenvalue weighted by atomic mass is 35.5. The zero-order valence-electron chi connectivity index (χ0n) is 15.0. The fourth-order valence-electron chi connectivity index (χ4n) is 2.70. The van der Waals surface area contributed by atoms with E-state index in [0.29, 0.717) is 21.5 Å². The number of benzene rings is 2. The smallest absolute Gasteiger partial charge is 0.137 e. The van der Waals surface area contributed by atoms with Gasteiger partial charge >= 0.3 is 0 Å². The van der Waals surface area contributed by atoms with Crippen molar-refractivity contribution in [2.75, 3.05) is 14.2 Å². The highest BCUT2D eigenvalue weighted by molar-refractivity contribution is 6.32. The van der Waals surface area contributed by atoms with E-state index in [1.54, 1.807) is 14.2 Å². The van der Waals surface area contributed by atoms with Crippen molar-refractivity contribution in [1.82, 2.24) is 0 Å². The van der Waals surface area contributed by atoms with Crippen LogP contribution in [0.25, 0.3) is 0 Å². The van der Waals surface area contributed by atoms with Crippen molar-refractivity contribution in [3.05, 3.63) is 57.6 Å². The second-order valence-electron chi connectivity index (χ2n) is 5.60. The van der Waals surface area contributed by atoms with Crippen LogP contribution in [0.5, 0.6) is 11.5 Å². The van der Waals surface area contributed by atoms with Gasteiger partial charge in [-0.25, -0.2) is 0 Å². The number of hydrogen-bond acceptors (Lipinski definition) is 3. The van der Waals surface area contributed by atoms with Crippen molar-refractivity contribution >= 4 is 28.9 Å². The van der Waals surface area contributed by atoms with Crippen LogP contribution in [0, 0.1) is 0 Å². The molecule has 2 aromatic carbocycles. The van der Waals surface area contributed by atoms with Gasteiger partial charge in [0.25, 0.3) is 0 Å². The summed E-state index contributed by atoms with van der Waals surface area (Å²) < 4.78 is 10.4. The summed E-state index contributed by atoms with van der Waals surface area (Å²) in [5.41, 5.74) is 3.08. The Bertz CT molecular complexity index is 759. The monoisotopic (exact) mass is 379 g/mol. The standard InChI is InChI=1S/C20H23Cl2NO2/c1-5-17(13-7-9-19(24-3)15(21)11-13)23-18(6-2)14-8-10-20(25-4)16(22)12-14/h7-12,17H,5-6H2,1-4H3. The molecule has 0 amide bonds. The van der Waals surface area contributed by atoms with E-state index in [1.807, 2.05) is 36.4 Å². The number of aliphatic imine (C=N–C) groups is 1. The first-order chi connectivity index (χ1) is 12.0. The Hall–Kier alpha value is -1.71. The number of hydrogen-bond donors (Lipinski definition) is 0. The molecule has 0 saturated heterocycles. The van der Waals surface area contributed by atoms with Crippen LogP contribution in [0.1, 0.15) is 43.9 Å². The molecule has 3 nitrogen and oxygen atoms in total. The summed E-state index contributed by atoms with van der Waals surface area (Å²) in [6.45, 7) is 4.20. The minimum Gasteiger partial charge on any atom is -0.495 e. The van der Waals surface area contributed by atoms with E-state index in [9.17, 15) is 0 Å². The second kappa shape index (κ2) is 9.12. The maximum absolute atomic E-state index is 6.27. The molecular weight excluding hydrogens is 357 g/mol. The maximum atomic E-state index is 6.27. The Kier molecular flexibility index (Phi) is 7.15. The highest BCUT2D eigenvalue weighted by Crippen LogP contribution is 2.31. The van der Waals surface area contributed by atoms with Gasteiger partial charge in [-0.15, -0.1) is 0 Å². The van der Waals surface area contributed by atoms with Crippen molar-refractivity contribution in [2.45, 2.75) is 32.7 Å². The van der Waals surface area contributed by atoms with Gasteiger partial charge in [-0.2, -0.15) is 0 Å². The first-order valence-electron chi connectivity index (χ1n) is 8.28. The molecule has 1 unspecified atom stereocenters. The molecule has 1 atom stereocenters. The van der Waals surface area contributed by atoms with E-state index in [1.165, 1.54) is 0 Å². The largest absolute Gasteiger partial charge is 0.495 e. The molecule has 0 aliphatic carbocycles. The lowest BCUT2D eigenvalue weighted by Crippen LogP contribution is -2.04. The van der Waals surface area contributed by atoms with Crippen LogP contribution >= 0.6 is 23.2 Å². The number of nitrogens with zero attached hydrogens (tertiary/aromatic N) is 1. The Morgan fingerprint density at radius 3 is 2.04 bits per heavy atom. The van der Waals surface area contributed by atoms with Gasteiger partial charge in [0, 0.05) is 5.71 Å². The normalized spacial score (nSPS) is 12.8. The molecule has 0 N–H and O–H groups in total. The number of rotatable bonds is 7. The zero-order chi connectivity index (χ0) is 18.4. The van der Waals surface area contributed by atoms with Gasteiger partial charge in [0.2, 0.25) is 0 Å². The van der Waals surface area contributed by atoms with E-state index < -0.39 is 0 Å². The van der Waals surface area contributed by atoms with Crippen molar-refractivity contribution in [3.63, 3.8) is 0 Å². The van der Waals surface area contributed by atoms with Crippen molar-refractivity contribution in [3.8, 4) is 11.5 Å². The third-order valence-corrected chi connectivity index (χ3v) is 4.67. The van der Waals surface area contributed by atoms with E-state index in [-0.39, 0.29) is 6.04 Å². The molecule has 5 heteroatoms. The lowest BCUT2D eigenvalue weighted by molar-refractivity contribution is 0.414. The van der Waals surface area contributed by atoms with Gasteiger partial charge in [-0.3, -0.25) is 4.99 Å². The van der Waals surface area contributed by atoms with Crippen LogP contribution in [0.15, 0.2) is 41.4 Å². The second-order valence-corrected chi connectivity index (χ2v) is 6.41. The minimum atomic E-state index is 0.0271. The van der Waals surface area contributed by atoms with Gasteiger partial charge in [0.15, 0.2) is 0 Å². The summed E-state index contributed by atoms with van der Waals surface area (Å²) in [7, 11) is 3.22. The topological polar surface area (TPSA) is 30.8 Å². The lowest BCUT2D eigenvalue weighted by atomic mass is 10.0. The Labute approximate surface area is 159 Å².